The van der Waals surface area contributed by atoms with Crippen LogP contribution >= 0.6 is 0 Å². The molecule has 1 atom stereocenters. The smallest absolute Gasteiger partial charge is 0.221 e. The molecule has 0 spiro atoms. The summed E-state index contributed by atoms with van der Waals surface area (Å²) < 4.78 is 0. The predicted molar refractivity (Wildman–Crippen MR) is 103 cm³/mol. The largest absolute Gasteiger partial charge is 0.341 e. The van der Waals surface area contributed by atoms with Gasteiger partial charge in [-0.1, -0.05) is 70.4 Å². The lowest BCUT2D eigenvalue weighted by Gasteiger charge is -2.05. The van der Waals surface area contributed by atoms with Gasteiger partial charge in [0.25, 0.3) is 0 Å². The second-order valence-electron chi connectivity index (χ2n) is 6.75. The molecule has 0 aromatic heterocycles. The monoisotopic (exact) mass is 334 g/mol. The van der Waals surface area contributed by atoms with Gasteiger partial charge in [-0.3, -0.25) is 4.79 Å². The number of carbonyl (C=O) groups is 1. The summed E-state index contributed by atoms with van der Waals surface area (Å²) in [6, 6.07) is 1.64. The van der Waals surface area contributed by atoms with Crippen molar-refractivity contribution in [1.29, 1.82) is 5.26 Å². The maximum atomic E-state index is 11.5. The van der Waals surface area contributed by atoms with Crippen LogP contribution in [0, 0.1) is 11.3 Å². The van der Waals surface area contributed by atoms with Crippen molar-refractivity contribution in [3.05, 3.63) is 12.2 Å². The molecule has 0 saturated carbocycles. The van der Waals surface area contributed by atoms with E-state index >= 15 is 0 Å². The number of carbonyl (C=O) groups excluding carboxylic acids is 1. The van der Waals surface area contributed by atoms with Gasteiger partial charge in [0.05, 0.1) is 6.07 Å². The van der Waals surface area contributed by atoms with Crippen LogP contribution in [0.3, 0.4) is 0 Å². The summed E-state index contributed by atoms with van der Waals surface area (Å²) in [6.07, 6.45) is 21.6. The minimum Gasteiger partial charge on any atom is -0.341 e. The van der Waals surface area contributed by atoms with Crippen LogP contribution in [0.15, 0.2) is 12.2 Å². The van der Waals surface area contributed by atoms with E-state index in [-0.39, 0.29) is 11.9 Å². The average molecular weight is 335 g/mol. The number of nitrogens with zero attached hydrogens (tertiary/aromatic N) is 1. The summed E-state index contributed by atoms with van der Waals surface area (Å²) >= 11 is 0. The first-order chi connectivity index (χ1) is 11.7. The van der Waals surface area contributed by atoms with Gasteiger partial charge < -0.3 is 5.32 Å². The molecule has 1 N–H and O–H groups in total. The second-order valence-corrected chi connectivity index (χ2v) is 6.75. The zero-order valence-electron chi connectivity index (χ0n) is 16.0. The topological polar surface area (TPSA) is 52.9 Å². The van der Waals surface area contributed by atoms with Gasteiger partial charge in [-0.2, -0.15) is 5.26 Å². The van der Waals surface area contributed by atoms with Gasteiger partial charge >= 0.3 is 0 Å². The molecular weight excluding hydrogens is 296 g/mol. The average Bonchev–Trinajstić information content (AvgIpc) is 2.58. The number of unbranched alkanes of at least 4 members (excludes halogenated alkanes) is 11. The molecule has 0 aliphatic carbocycles. The van der Waals surface area contributed by atoms with E-state index in [0.29, 0.717) is 6.42 Å². The van der Waals surface area contributed by atoms with Crippen LogP contribution in [-0.4, -0.2) is 11.9 Å². The molecule has 0 aliphatic heterocycles. The Morgan fingerprint density at radius 1 is 0.917 bits per heavy atom. The van der Waals surface area contributed by atoms with Crippen molar-refractivity contribution in [2.24, 2.45) is 0 Å². The Kier molecular flexibility index (Phi) is 17.1. The van der Waals surface area contributed by atoms with Crippen molar-refractivity contribution in [2.45, 2.75) is 110 Å². The molecule has 0 saturated heterocycles. The van der Waals surface area contributed by atoms with Crippen molar-refractivity contribution in [2.75, 3.05) is 0 Å². The van der Waals surface area contributed by atoms with E-state index in [9.17, 15) is 4.79 Å². The van der Waals surface area contributed by atoms with Gasteiger partial charge in [-0.05, 0) is 39.0 Å². The molecule has 0 aromatic rings. The summed E-state index contributed by atoms with van der Waals surface area (Å²) in [5.74, 6) is 0.00155. The summed E-state index contributed by atoms with van der Waals surface area (Å²) in [6.45, 7) is 3.97. The molecular formula is C21H38N2O. The molecule has 0 rings (SSSR count). The summed E-state index contributed by atoms with van der Waals surface area (Å²) in [5.41, 5.74) is 0. The van der Waals surface area contributed by atoms with Crippen LogP contribution in [0.2, 0.25) is 0 Å². The van der Waals surface area contributed by atoms with Gasteiger partial charge in [0, 0.05) is 6.42 Å². The number of amides is 1. The van der Waals surface area contributed by atoms with E-state index in [4.69, 9.17) is 5.26 Å². The Labute approximate surface area is 149 Å². The maximum Gasteiger partial charge on any atom is 0.221 e. The Morgan fingerprint density at radius 3 is 1.96 bits per heavy atom. The lowest BCUT2D eigenvalue weighted by atomic mass is 10.1. The highest BCUT2D eigenvalue weighted by molar-refractivity contribution is 5.76. The molecule has 3 heteroatoms. The first kappa shape index (κ1) is 22.7. The van der Waals surface area contributed by atoms with Crippen molar-refractivity contribution in [3.63, 3.8) is 0 Å². The van der Waals surface area contributed by atoms with Crippen molar-refractivity contribution in [3.8, 4) is 6.07 Å². The van der Waals surface area contributed by atoms with Gasteiger partial charge in [-0.25, -0.2) is 0 Å². The van der Waals surface area contributed by atoms with E-state index in [2.05, 4.69) is 24.4 Å². The normalized spacial score (nSPS) is 12.2. The van der Waals surface area contributed by atoms with Crippen molar-refractivity contribution in [1.82, 2.24) is 5.32 Å². The third-order valence-corrected chi connectivity index (χ3v) is 4.24. The number of rotatable bonds is 16. The first-order valence-corrected chi connectivity index (χ1v) is 10.0. The number of nitrogens with one attached hydrogen (secondary N) is 1. The molecule has 0 radical (unpaired) electrons. The molecule has 24 heavy (non-hydrogen) atoms. The molecule has 0 bridgehead atoms. The second kappa shape index (κ2) is 18.0. The molecule has 0 heterocycles. The Balaban J connectivity index is 3.23. The van der Waals surface area contributed by atoms with Crippen molar-refractivity contribution < 1.29 is 4.79 Å². The molecule has 0 aliphatic rings. The standard InChI is InChI=1S/C21H38N2O/c1-3-4-5-6-7-8-9-10-11-12-13-14-15-16-17-18-21(24)23-20(2)19-22/h10-11,20H,3-9,12-18H2,1-2H3,(H,23,24)/b11-10-. The maximum absolute atomic E-state index is 11.5. The number of hydrogen-bond donors (Lipinski definition) is 1. The first-order valence-electron chi connectivity index (χ1n) is 10.0. The van der Waals surface area contributed by atoms with Crippen LogP contribution in [0.5, 0.6) is 0 Å². The molecule has 1 unspecified atom stereocenters. The van der Waals surface area contributed by atoms with Gasteiger partial charge in [-0.15, -0.1) is 0 Å². The Bertz CT molecular complexity index is 357. The van der Waals surface area contributed by atoms with Crippen molar-refractivity contribution >= 4 is 5.91 Å². The van der Waals surface area contributed by atoms with Crippen LogP contribution in [-0.2, 0) is 4.79 Å². The Morgan fingerprint density at radius 2 is 1.42 bits per heavy atom. The van der Waals surface area contributed by atoms with Crippen LogP contribution < -0.4 is 5.32 Å². The van der Waals surface area contributed by atoms with Crippen LogP contribution in [0.4, 0.5) is 0 Å². The van der Waals surface area contributed by atoms with Crippen LogP contribution in [0.25, 0.3) is 0 Å². The minimum absolute atomic E-state index is 0.00155. The third kappa shape index (κ3) is 17.1. The highest BCUT2D eigenvalue weighted by Gasteiger charge is 2.04. The van der Waals surface area contributed by atoms with Gasteiger partial charge in [0.2, 0.25) is 5.91 Å². The third-order valence-electron chi connectivity index (χ3n) is 4.24. The van der Waals surface area contributed by atoms with E-state index in [0.717, 1.165) is 12.8 Å². The molecule has 0 aromatic carbocycles. The summed E-state index contributed by atoms with van der Waals surface area (Å²) in [7, 11) is 0. The summed E-state index contributed by atoms with van der Waals surface area (Å²) in [4.78, 5) is 11.5. The zero-order valence-corrected chi connectivity index (χ0v) is 16.0. The lowest BCUT2D eigenvalue weighted by molar-refractivity contribution is -0.121. The van der Waals surface area contributed by atoms with Crippen LogP contribution in [0.1, 0.15) is 104 Å². The lowest BCUT2D eigenvalue weighted by Crippen LogP contribution is -2.30. The minimum atomic E-state index is -0.374. The van der Waals surface area contributed by atoms with E-state index in [1.54, 1.807) is 6.92 Å². The van der Waals surface area contributed by atoms with E-state index in [1.165, 1.54) is 70.6 Å². The highest BCUT2D eigenvalue weighted by atomic mass is 16.1. The van der Waals surface area contributed by atoms with Gasteiger partial charge in [0.15, 0.2) is 0 Å². The fourth-order valence-corrected chi connectivity index (χ4v) is 2.70. The zero-order chi connectivity index (χ0) is 17.9. The fourth-order valence-electron chi connectivity index (χ4n) is 2.70. The number of hydrogen-bond acceptors (Lipinski definition) is 2. The number of nitriles is 1. The van der Waals surface area contributed by atoms with E-state index < -0.39 is 0 Å². The van der Waals surface area contributed by atoms with Gasteiger partial charge in [0.1, 0.15) is 6.04 Å². The SMILES string of the molecule is CCCCCCCC/C=C\CCCCCCCC(=O)NC(C)C#N. The summed E-state index contributed by atoms with van der Waals surface area (Å²) in [5, 5.41) is 11.3. The Hall–Kier alpha value is -1.30. The molecule has 138 valence electrons. The van der Waals surface area contributed by atoms with E-state index in [1.807, 2.05) is 6.07 Å². The fraction of sp³-hybridized carbons (Fsp3) is 0.810. The predicted octanol–water partition coefficient (Wildman–Crippen LogP) is 6.05. The molecule has 0 fully saturated rings. The number of allylic oxidation sites excluding steroid dienone is 2. The molecule has 1 amide bonds. The highest BCUT2D eigenvalue weighted by Crippen LogP contribution is 2.09. The quantitative estimate of drug-likeness (QED) is 0.276. The molecule has 3 nitrogen and oxygen atoms in total.